The monoisotopic (exact) mass is 1400 g/mol. The van der Waals surface area contributed by atoms with Gasteiger partial charge in [0.1, 0.15) is 0 Å². The maximum absolute atomic E-state index is 5.72. The molecule has 34 rings (SSSR count). The van der Waals surface area contributed by atoms with Gasteiger partial charge in [-0.05, 0) is 300 Å². The van der Waals surface area contributed by atoms with Crippen molar-refractivity contribution >= 4 is 327 Å². The molecule has 30 aromatic rings. The van der Waals surface area contributed by atoms with Crippen molar-refractivity contribution in [3.8, 4) is 0 Å². The molecular formula is C106H46N6. The smallest absolute Gasteiger partial charge is 0.0996 e. The summed E-state index contributed by atoms with van der Waals surface area (Å²) in [6, 6.07) is 68.6. The number of nitrogens with zero attached hydrogens (tertiary/aromatic N) is 6. The van der Waals surface area contributed by atoms with Crippen molar-refractivity contribution in [3.63, 3.8) is 0 Å². The van der Waals surface area contributed by atoms with Gasteiger partial charge in [0.15, 0.2) is 0 Å². The Balaban J connectivity index is 0.000000110. The van der Waals surface area contributed by atoms with E-state index in [0.717, 1.165) is 91.6 Å². The molecule has 0 saturated heterocycles. The zero-order valence-electron chi connectivity index (χ0n) is 59.5. The van der Waals surface area contributed by atoms with Crippen LogP contribution >= 0.6 is 0 Å². The van der Waals surface area contributed by atoms with Crippen LogP contribution in [0.5, 0.6) is 0 Å². The number of fused-ring (bicyclic) bond motifs is 23. The highest BCUT2D eigenvalue weighted by atomic mass is 14.8. The number of benzene rings is 26. The highest BCUT2D eigenvalue weighted by molar-refractivity contribution is 6.62. The van der Waals surface area contributed by atoms with Gasteiger partial charge >= 0.3 is 0 Å². The van der Waals surface area contributed by atoms with Crippen LogP contribution in [-0.2, 0) is 25.7 Å². The van der Waals surface area contributed by atoms with Gasteiger partial charge in [0.05, 0.1) is 55.2 Å². The van der Waals surface area contributed by atoms with Gasteiger partial charge in [-0.25, -0.2) is 19.9 Å². The number of hydrogen-bond donors (Lipinski definition) is 0. The van der Waals surface area contributed by atoms with Crippen LogP contribution in [0.15, 0.2) is 207 Å². The van der Waals surface area contributed by atoms with Gasteiger partial charge in [-0.15, -0.1) is 0 Å². The van der Waals surface area contributed by atoms with E-state index in [1.165, 1.54) is 281 Å². The number of aromatic nitrogens is 6. The molecule has 4 aromatic heterocycles. The average Bonchev–Trinajstić information content (AvgIpc) is 0.643. The lowest BCUT2D eigenvalue weighted by Gasteiger charge is -2.32. The van der Waals surface area contributed by atoms with Crippen LogP contribution in [0.3, 0.4) is 0 Å². The summed E-state index contributed by atoms with van der Waals surface area (Å²) in [4.78, 5) is 32.0. The standard InChI is InChI=1S/C56H24N4.C50H22N2/c1-7-23-24-8-2-10-26-28-12-4-14-30-32-18-20-34-44-42(32)50-48(40(28)30)46(38(24)26)45-37(23)25(9-1)27-11-3-13-29-31-17-19-33(43(44)41(31)49(50)47(45)39(27)29)53-54(34)60-56-36-16-6-22-58-52(36)51-35(55(56)59-53)15-5-21-57-51;1-2-16-34-33(15-1)51-49-31-19-17-29-27-13-5-11-25-23-9-3-7-21-22-8-4-10-24-26-12-6-14-28-30-18-20-32(50(49)52-34)42-40(30)48-46(38(26)28)44(36(22)24)43(35(21)23)45(37(25)27)47(48)39(29)41(31)42/h1-11,13-17,19-22H,12,18H2;1-11,13-17,19-20H,12,18H2. The zero-order valence-corrected chi connectivity index (χ0v) is 59.5. The quantitative estimate of drug-likeness (QED) is 0.111. The van der Waals surface area contributed by atoms with E-state index in [0.29, 0.717) is 0 Å². The lowest BCUT2D eigenvalue weighted by Crippen LogP contribution is -2.16. The topological polar surface area (TPSA) is 77.3 Å². The number of allylic oxidation sites excluding steroid dienone is 2. The van der Waals surface area contributed by atoms with Crippen molar-refractivity contribution in [2.75, 3.05) is 0 Å². The van der Waals surface area contributed by atoms with Crippen molar-refractivity contribution in [1.82, 2.24) is 29.9 Å². The molecule has 0 atom stereocenters. The first-order valence-electron chi connectivity index (χ1n) is 39.6. The first-order valence-corrected chi connectivity index (χ1v) is 39.6. The Hall–Kier alpha value is -14.5. The van der Waals surface area contributed by atoms with Gasteiger partial charge in [0.2, 0.25) is 0 Å². The molecule has 0 unspecified atom stereocenters. The van der Waals surface area contributed by atoms with Gasteiger partial charge in [0, 0.05) is 65.9 Å². The van der Waals surface area contributed by atoms with Gasteiger partial charge in [-0.2, -0.15) is 0 Å². The summed E-state index contributed by atoms with van der Waals surface area (Å²) in [5.41, 5.74) is 18.1. The third-order valence-electron chi connectivity index (χ3n) is 29.2. The summed E-state index contributed by atoms with van der Waals surface area (Å²) in [7, 11) is 0. The molecule has 26 aromatic carbocycles. The molecule has 0 bridgehead atoms. The highest BCUT2D eigenvalue weighted by Crippen LogP contribution is 2.64. The molecule has 4 aliphatic rings. The second-order valence-electron chi connectivity index (χ2n) is 33.4. The number of rotatable bonds is 0. The summed E-state index contributed by atoms with van der Waals surface area (Å²) < 4.78 is 0. The molecule has 0 amide bonds. The van der Waals surface area contributed by atoms with Crippen molar-refractivity contribution in [1.29, 1.82) is 0 Å². The average molecular weight is 1400 g/mol. The van der Waals surface area contributed by atoms with E-state index >= 15 is 0 Å². The minimum atomic E-state index is 0.838. The summed E-state index contributed by atoms with van der Waals surface area (Å²) >= 11 is 0. The zero-order chi connectivity index (χ0) is 70.9. The molecule has 0 N–H and O–H groups in total. The molecule has 4 aliphatic carbocycles. The number of para-hydroxylation sites is 2. The second kappa shape index (κ2) is 17.3. The summed E-state index contributed by atoms with van der Waals surface area (Å²) in [6.45, 7) is 0. The fourth-order valence-corrected chi connectivity index (χ4v) is 25.6. The van der Waals surface area contributed by atoms with Crippen LogP contribution in [0, 0.1) is 0 Å². The SMILES string of the molecule is C1=Cc2c3c4c5c(c6nc7c8cccnc8c8ncccc8c7nc6c6ccc7c8cccc9c%10cccc%11c%12cccc%13c(c2c2c4c(c7c65)c(c98)c(c%11%10)c2c%13%12)C1)=CC3.C1=Cc2c3c4c5c(c6nc7ccccc7nc6c6ccc7c8cccc9c%10cccc%11c%12cccc%13c(c2c2c4c(c7c65)c(c98)c(c%11%10)c2c%13%12)C1)=CC3. The van der Waals surface area contributed by atoms with Crippen molar-refractivity contribution < 1.29 is 0 Å². The molecular weight excluding hydrogens is 1360 g/mol. The van der Waals surface area contributed by atoms with Crippen LogP contribution in [0.2, 0.25) is 0 Å². The van der Waals surface area contributed by atoms with E-state index in [1.54, 1.807) is 0 Å². The second-order valence-corrected chi connectivity index (χ2v) is 33.4. The number of hydrogen-bond acceptors (Lipinski definition) is 6. The summed E-state index contributed by atoms with van der Waals surface area (Å²) in [5, 5.41) is 65.9. The molecule has 500 valence electrons. The molecule has 0 fully saturated rings. The minimum Gasteiger partial charge on any atom is -0.254 e. The van der Waals surface area contributed by atoms with Gasteiger partial charge in [0.25, 0.3) is 0 Å². The maximum Gasteiger partial charge on any atom is 0.0996 e. The molecule has 0 spiro atoms. The Morgan fingerprint density at radius 2 is 0.473 bits per heavy atom. The molecule has 0 saturated carbocycles. The van der Waals surface area contributed by atoms with E-state index in [4.69, 9.17) is 29.9 Å². The predicted molar refractivity (Wildman–Crippen MR) is 474 cm³/mol. The van der Waals surface area contributed by atoms with E-state index < -0.39 is 0 Å². The Morgan fingerprint density at radius 1 is 0.179 bits per heavy atom. The van der Waals surface area contributed by atoms with Crippen LogP contribution in [0.1, 0.15) is 33.4 Å². The van der Waals surface area contributed by atoms with E-state index in [9.17, 15) is 0 Å². The first kappa shape index (κ1) is 54.2. The third kappa shape index (κ3) is 5.38. The number of pyridine rings is 2. The normalized spacial score (nSPS) is 14.7. The fourth-order valence-electron chi connectivity index (χ4n) is 25.6. The van der Waals surface area contributed by atoms with Crippen molar-refractivity contribution in [2.24, 2.45) is 0 Å². The van der Waals surface area contributed by atoms with Crippen LogP contribution in [-0.4, -0.2) is 29.9 Å². The summed E-state index contributed by atoms with van der Waals surface area (Å²) in [6.07, 6.45) is 22.1. The summed E-state index contributed by atoms with van der Waals surface area (Å²) in [5.74, 6) is 0. The Morgan fingerprint density at radius 3 is 0.893 bits per heavy atom. The van der Waals surface area contributed by atoms with Crippen LogP contribution in [0.4, 0.5) is 0 Å². The van der Waals surface area contributed by atoms with Gasteiger partial charge in [-0.3, -0.25) is 9.97 Å². The van der Waals surface area contributed by atoms with Gasteiger partial charge in [-0.1, -0.05) is 182 Å². The molecule has 6 heteroatoms. The molecule has 6 nitrogen and oxygen atoms in total. The molecule has 112 heavy (non-hydrogen) atoms. The van der Waals surface area contributed by atoms with E-state index in [-0.39, 0.29) is 0 Å². The van der Waals surface area contributed by atoms with Crippen LogP contribution in [0.25, 0.3) is 327 Å². The minimum absolute atomic E-state index is 0.838. The molecule has 0 aliphatic heterocycles. The maximum atomic E-state index is 5.72. The Bertz CT molecular complexity index is 10200. The van der Waals surface area contributed by atoms with Crippen molar-refractivity contribution in [2.45, 2.75) is 25.7 Å². The predicted octanol–water partition coefficient (Wildman–Crippen LogP) is 25.7. The third-order valence-corrected chi connectivity index (χ3v) is 29.2. The van der Waals surface area contributed by atoms with Crippen LogP contribution < -0.4 is 10.4 Å². The fraction of sp³-hybridized carbons (Fsp3) is 0.0377. The van der Waals surface area contributed by atoms with E-state index in [1.807, 2.05) is 24.5 Å². The lowest BCUT2D eigenvalue weighted by atomic mass is 9.70. The van der Waals surface area contributed by atoms with Gasteiger partial charge < -0.3 is 0 Å². The van der Waals surface area contributed by atoms with Crippen molar-refractivity contribution in [3.05, 3.63) is 250 Å². The Kier molecular flexibility index (Phi) is 8.38. The van der Waals surface area contributed by atoms with E-state index in [2.05, 4.69) is 206 Å². The first-order chi connectivity index (χ1) is 55.7. The lowest BCUT2D eigenvalue weighted by molar-refractivity contribution is 1.29. The molecule has 0 radical (unpaired) electrons. The largest absolute Gasteiger partial charge is 0.254 e. The Labute approximate surface area is 629 Å². The molecule has 4 heterocycles. The highest BCUT2D eigenvalue weighted by Gasteiger charge is 2.38.